The van der Waals surface area contributed by atoms with Crippen molar-refractivity contribution in [1.82, 2.24) is 15.0 Å². The number of rotatable bonds is 0. The van der Waals surface area contributed by atoms with Crippen molar-refractivity contribution in [2.24, 2.45) is 0 Å². The van der Waals surface area contributed by atoms with E-state index in [2.05, 4.69) is 15.0 Å². The second-order valence-corrected chi connectivity index (χ2v) is 1.41. The normalized spacial score (nSPS) is 7.64. The Morgan fingerprint density at radius 1 is 0.636 bits per heavy atom. The fourth-order valence-corrected chi connectivity index (χ4v) is 0.427. The number of halogens is 2. The SMILES string of the molecule is Cl.Cl.Nc1nc(N)nc(N)n1. The zero-order valence-corrected chi connectivity index (χ0v) is 7.02. The molecule has 0 atom stereocenters. The first-order valence-corrected chi connectivity index (χ1v) is 2.21. The van der Waals surface area contributed by atoms with E-state index >= 15 is 0 Å². The highest BCUT2D eigenvalue weighted by Gasteiger charge is 1.93. The molecule has 1 rings (SSSR count). The Labute approximate surface area is 75.4 Å². The summed E-state index contributed by atoms with van der Waals surface area (Å²) in [6.07, 6.45) is 0. The van der Waals surface area contributed by atoms with Crippen LogP contribution in [0.25, 0.3) is 0 Å². The molecule has 0 aliphatic rings. The van der Waals surface area contributed by atoms with Crippen molar-refractivity contribution in [3.05, 3.63) is 0 Å². The van der Waals surface area contributed by atoms with Crippen LogP contribution >= 0.6 is 24.8 Å². The van der Waals surface area contributed by atoms with Crippen LogP contribution in [-0.4, -0.2) is 15.0 Å². The number of nitrogens with zero attached hydrogens (tertiary/aromatic N) is 3. The Morgan fingerprint density at radius 3 is 1.00 bits per heavy atom. The van der Waals surface area contributed by atoms with Crippen molar-refractivity contribution in [3.8, 4) is 0 Å². The van der Waals surface area contributed by atoms with Crippen molar-refractivity contribution in [2.75, 3.05) is 17.2 Å². The van der Waals surface area contributed by atoms with Crippen LogP contribution in [0.2, 0.25) is 0 Å². The molecule has 0 saturated heterocycles. The van der Waals surface area contributed by atoms with Crippen molar-refractivity contribution in [1.29, 1.82) is 0 Å². The Balaban J connectivity index is 0. The van der Waals surface area contributed by atoms with Gasteiger partial charge < -0.3 is 17.2 Å². The van der Waals surface area contributed by atoms with Gasteiger partial charge >= 0.3 is 0 Å². The van der Waals surface area contributed by atoms with Crippen LogP contribution in [0.5, 0.6) is 0 Å². The van der Waals surface area contributed by atoms with Crippen molar-refractivity contribution in [3.63, 3.8) is 0 Å². The molecule has 0 bridgehead atoms. The van der Waals surface area contributed by atoms with Gasteiger partial charge in [-0.05, 0) is 0 Å². The van der Waals surface area contributed by atoms with Gasteiger partial charge in [-0.1, -0.05) is 0 Å². The Morgan fingerprint density at radius 2 is 0.818 bits per heavy atom. The first-order chi connectivity index (χ1) is 4.18. The Hall–Kier alpha value is -1.01. The van der Waals surface area contributed by atoms with E-state index in [0.29, 0.717) is 0 Å². The monoisotopic (exact) mass is 198 g/mol. The van der Waals surface area contributed by atoms with Gasteiger partial charge in [0.1, 0.15) is 0 Å². The van der Waals surface area contributed by atoms with Crippen molar-refractivity contribution >= 4 is 42.7 Å². The number of anilines is 3. The highest BCUT2D eigenvalue weighted by molar-refractivity contribution is 5.85. The molecule has 0 aliphatic heterocycles. The summed E-state index contributed by atoms with van der Waals surface area (Å²) in [5, 5.41) is 0. The molecular formula is C3H8Cl2N6. The third-order valence-electron chi connectivity index (χ3n) is 0.687. The van der Waals surface area contributed by atoms with Gasteiger partial charge in [-0.15, -0.1) is 24.8 Å². The van der Waals surface area contributed by atoms with Gasteiger partial charge in [0, 0.05) is 0 Å². The minimum atomic E-state index is 0. The molecule has 0 radical (unpaired) electrons. The number of nitrogen functional groups attached to an aromatic ring is 3. The van der Waals surface area contributed by atoms with E-state index < -0.39 is 0 Å². The van der Waals surface area contributed by atoms with E-state index in [1.807, 2.05) is 0 Å². The van der Waals surface area contributed by atoms with Gasteiger partial charge in [0.15, 0.2) is 0 Å². The third kappa shape index (κ3) is 3.64. The smallest absolute Gasteiger partial charge is 0.226 e. The van der Waals surface area contributed by atoms with Crippen LogP contribution < -0.4 is 17.2 Å². The molecule has 1 heterocycles. The van der Waals surface area contributed by atoms with Gasteiger partial charge in [0.05, 0.1) is 0 Å². The fraction of sp³-hybridized carbons (Fsp3) is 0. The zero-order chi connectivity index (χ0) is 6.85. The predicted octanol–water partition coefficient (Wildman–Crippen LogP) is -0.538. The van der Waals surface area contributed by atoms with Gasteiger partial charge in [-0.3, -0.25) is 0 Å². The summed E-state index contributed by atoms with van der Waals surface area (Å²) in [5.41, 5.74) is 15.4. The maximum Gasteiger partial charge on any atom is 0.226 e. The minimum Gasteiger partial charge on any atom is -0.368 e. The topological polar surface area (TPSA) is 117 Å². The predicted molar refractivity (Wildman–Crippen MR) is 47.6 cm³/mol. The van der Waals surface area contributed by atoms with Gasteiger partial charge in [-0.2, -0.15) is 15.0 Å². The second kappa shape index (κ2) is 4.75. The summed E-state index contributed by atoms with van der Waals surface area (Å²) in [4.78, 5) is 10.5. The lowest BCUT2D eigenvalue weighted by Gasteiger charge is -1.93. The molecule has 11 heavy (non-hydrogen) atoms. The van der Waals surface area contributed by atoms with Gasteiger partial charge in [0.25, 0.3) is 0 Å². The zero-order valence-electron chi connectivity index (χ0n) is 5.39. The average Bonchev–Trinajstić information content (AvgIpc) is 1.59. The number of hydrogen-bond acceptors (Lipinski definition) is 6. The van der Waals surface area contributed by atoms with Crippen molar-refractivity contribution < 1.29 is 0 Å². The number of nitrogens with two attached hydrogens (primary N) is 3. The first-order valence-electron chi connectivity index (χ1n) is 2.21. The first kappa shape index (κ1) is 12.6. The standard InChI is InChI=1S/C3H6N6.2ClH/c4-1-7-2(5)9-3(6)8-1;;/h(H6,4,5,6,7,8,9);2*1H. The molecule has 1 aromatic heterocycles. The molecule has 0 saturated carbocycles. The molecule has 0 amide bonds. The van der Waals surface area contributed by atoms with Crippen LogP contribution in [0.4, 0.5) is 17.8 Å². The molecular weight excluding hydrogens is 191 g/mol. The number of aromatic nitrogens is 3. The second-order valence-electron chi connectivity index (χ2n) is 1.41. The molecule has 8 heteroatoms. The Bertz CT molecular complexity index is 177. The lowest BCUT2D eigenvalue weighted by Crippen LogP contribution is -2.05. The summed E-state index contributed by atoms with van der Waals surface area (Å²) >= 11 is 0. The van der Waals surface area contributed by atoms with E-state index in [1.54, 1.807) is 0 Å². The van der Waals surface area contributed by atoms with E-state index in [9.17, 15) is 0 Å². The molecule has 0 spiro atoms. The summed E-state index contributed by atoms with van der Waals surface area (Å²) in [7, 11) is 0. The minimum absolute atomic E-state index is 0. The average molecular weight is 199 g/mol. The van der Waals surface area contributed by atoms with Crippen LogP contribution in [0.3, 0.4) is 0 Å². The molecule has 0 fully saturated rings. The summed E-state index contributed by atoms with van der Waals surface area (Å²) < 4.78 is 0. The highest BCUT2D eigenvalue weighted by atomic mass is 35.5. The molecule has 1 aromatic rings. The molecule has 6 nitrogen and oxygen atoms in total. The third-order valence-corrected chi connectivity index (χ3v) is 0.687. The lowest BCUT2D eigenvalue weighted by molar-refractivity contribution is 1.09. The summed E-state index contributed by atoms with van der Waals surface area (Å²) in [5.74, 6) is 0.125. The Kier molecular flexibility index (Phi) is 5.46. The van der Waals surface area contributed by atoms with Gasteiger partial charge in [-0.25, -0.2) is 0 Å². The summed E-state index contributed by atoms with van der Waals surface area (Å²) in [6, 6.07) is 0. The quantitative estimate of drug-likeness (QED) is 0.516. The van der Waals surface area contributed by atoms with E-state index in [1.165, 1.54) is 0 Å². The van der Waals surface area contributed by atoms with E-state index in [-0.39, 0.29) is 42.7 Å². The summed E-state index contributed by atoms with van der Waals surface area (Å²) in [6.45, 7) is 0. The highest BCUT2D eigenvalue weighted by Crippen LogP contribution is 1.97. The fourth-order valence-electron chi connectivity index (χ4n) is 0.427. The van der Waals surface area contributed by atoms with Crippen molar-refractivity contribution in [2.45, 2.75) is 0 Å². The molecule has 0 aliphatic carbocycles. The maximum atomic E-state index is 5.14. The van der Waals surface area contributed by atoms with Crippen LogP contribution in [0.15, 0.2) is 0 Å². The van der Waals surface area contributed by atoms with E-state index in [4.69, 9.17) is 17.2 Å². The van der Waals surface area contributed by atoms with Crippen LogP contribution in [-0.2, 0) is 0 Å². The molecule has 0 unspecified atom stereocenters. The molecule has 64 valence electrons. The largest absolute Gasteiger partial charge is 0.368 e. The van der Waals surface area contributed by atoms with Crippen LogP contribution in [0.1, 0.15) is 0 Å². The lowest BCUT2D eigenvalue weighted by atomic mass is 10.9. The molecule has 6 N–H and O–H groups in total. The van der Waals surface area contributed by atoms with E-state index in [0.717, 1.165) is 0 Å². The van der Waals surface area contributed by atoms with Gasteiger partial charge in [0.2, 0.25) is 17.8 Å². The number of hydrogen-bond donors (Lipinski definition) is 3. The molecule has 0 aromatic carbocycles. The maximum absolute atomic E-state index is 5.14. The van der Waals surface area contributed by atoms with Crippen LogP contribution in [0, 0.1) is 0 Å².